The molecular formula is C11H11BrN2O2. The molecule has 0 atom stereocenters. The van der Waals surface area contributed by atoms with Crippen molar-refractivity contribution in [2.24, 2.45) is 5.92 Å². The highest BCUT2D eigenvalue weighted by Gasteiger charge is 2.29. The van der Waals surface area contributed by atoms with Crippen molar-refractivity contribution in [3.63, 3.8) is 0 Å². The first kappa shape index (κ1) is 11.1. The van der Waals surface area contributed by atoms with E-state index in [0.717, 1.165) is 17.3 Å². The van der Waals surface area contributed by atoms with Gasteiger partial charge in [0.25, 0.3) is 5.91 Å². The van der Waals surface area contributed by atoms with Crippen molar-refractivity contribution in [2.75, 3.05) is 0 Å². The Morgan fingerprint density at radius 3 is 2.31 bits per heavy atom. The molecule has 1 fully saturated rings. The highest BCUT2D eigenvalue weighted by molar-refractivity contribution is 9.10. The summed E-state index contributed by atoms with van der Waals surface area (Å²) in [5.74, 6) is -0.322. The molecule has 0 unspecified atom stereocenters. The normalized spacial score (nSPS) is 14.3. The summed E-state index contributed by atoms with van der Waals surface area (Å²) in [7, 11) is 0. The summed E-state index contributed by atoms with van der Waals surface area (Å²) in [6.07, 6.45) is 1.83. The molecule has 1 saturated carbocycles. The third-order valence-corrected chi connectivity index (χ3v) is 2.88. The van der Waals surface area contributed by atoms with Gasteiger partial charge in [-0.25, -0.2) is 0 Å². The number of hydrogen-bond acceptors (Lipinski definition) is 2. The largest absolute Gasteiger partial charge is 0.273 e. The quantitative estimate of drug-likeness (QED) is 0.810. The van der Waals surface area contributed by atoms with Gasteiger partial charge in [-0.1, -0.05) is 15.9 Å². The summed E-state index contributed by atoms with van der Waals surface area (Å²) in [5.41, 5.74) is 5.31. The van der Waals surface area contributed by atoms with Crippen LogP contribution >= 0.6 is 15.9 Å². The van der Waals surface area contributed by atoms with Crippen LogP contribution in [-0.4, -0.2) is 11.8 Å². The topological polar surface area (TPSA) is 58.2 Å². The first-order valence-corrected chi connectivity index (χ1v) is 5.82. The van der Waals surface area contributed by atoms with Gasteiger partial charge in [0.05, 0.1) is 0 Å². The van der Waals surface area contributed by atoms with E-state index in [2.05, 4.69) is 26.8 Å². The van der Waals surface area contributed by atoms with Crippen molar-refractivity contribution in [1.82, 2.24) is 10.9 Å². The molecule has 2 N–H and O–H groups in total. The van der Waals surface area contributed by atoms with Crippen LogP contribution in [0.25, 0.3) is 0 Å². The molecular weight excluding hydrogens is 272 g/mol. The SMILES string of the molecule is O=C(NNC(=O)C1CC1)c1ccc(Br)cc1. The molecule has 0 aromatic heterocycles. The number of benzene rings is 1. The van der Waals surface area contributed by atoms with E-state index in [1.165, 1.54) is 0 Å². The molecule has 0 spiro atoms. The lowest BCUT2D eigenvalue weighted by Gasteiger charge is -2.06. The van der Waals surface area contributed by atoms with E-state index in [1.807, 2.05) is 0 Å². The molecule has 2 rings (SSSR count). The van der Waals surface area contributed by atoms with Crippen LogP contribution in [0.15, 0.2) is 28.7 Å². The van der Waals surface area contributed by atoms with E-state index >= 15 is 0 Å². The Balaban J connectivity index is 1.87. The average Bonchev–Trinajstić information content (AvgIpc) is 3.10. The van der Waals surface area contributed by atoms with Crippen LogP contribution in [0.1, 0.15) is 23.2 Å². The van der Waals surface area contributed by atoms with Gasteiger partial charge >= 0.3 is 0 Å². The fraction of sp³-hybridized carbons (Fsp3) is 0.273. The highest BCUT2D eigenvalue weighted by Crippen LogP contribution is 2.28. The molecule has 1 aromatic carbocycles. The van der Waals surface area contributed by atoms with Crippen molar-refractivity contribution >= 4 is 27.7 Å². The van der Waals surface area contributed by atoms with Crippen LogP contribution < -0.4 is 10.9 Å². The van der Waals surface area contributed by atoms with Crippen LogP contribution in [0.2, 0.25) is 0 Å². The summed E-state index contributed by atoms with van der Waals surface area (Å²) >= 11 is 3.28. The van der Waals surface area contributed by atoms with Crippen LogP contribution in [-0.2, 0) is 4.79 Å². The summed E-state index contributed by atoms with van der Waals surface area (Å²) < 4.78 is 0.908. The minimum Gasteiger partial charge on any atom is -0.273 e. The lowest BCUT2D eigenvalue weighted by Crippen LogP contribution is -2.42. The Labute approximate surface area is 102 Å². The summed E-state index contributed by atoms with van der Waals surface area (Å²) in [6.45, 7) is 0. The zero-order valence-electron chi connectivity index (χ0n) is 8.50. The van der Waals surface area contributed by atoms with Gasteiger partial charge in [0.1, 0.15) is 0 Å². The minimum atomic E-state index is -0.304. The molecule has 4 nitrogen and oxygen atoms in total. The van der Waals surface area contributed by atoms with Gasteiger partial charge in [-0.15, -0.1) is 0 Å². The van der Waals surface area contributed by atoms with Gasteiger partial charge in [-0.3, -0.25) is 20.4 Å². The van der Waals surface area contributed by atoms with Crippen LogP contribution in [0.3, 0.4) is 0 Å². The standard InChI is InChI=1S/C11H11BrN2O2/c12-9-5-3-8(4-6-9)11(16)14-13-10(15)7-1-2-7/h3-7H,1-2H2,(H,13,15)(H,14,16). The van der Waals surface area contributed by atoms with Gasteiger partial charge in [-0.2, -0.15) is 0 Å². The summed E-state index contributed by atoms with van der Waals surface area (Å²) in [5, 5.41) is 0. The maximum absolute atomic E-state index is 11.6. The molecule has 1 aromatic rings. The summed E-state index contributed by atoms with van der Waals surface area (Å²) in [4.78, 5) is 22.8. The number of hydrogen-bond donors (Lipinski definition) is 2. The third kappa shape index (κ3) is 2.82. The minimum absolute atomic E-state index is 0.0882. The van der Waals surface area contributed by atoms with Crippen LogP contribution in [0.4, 0.5) is 0 Å². The maximum atomic E-state index is 11.6. The maximum Gasteiger partial charge on any atom is 0.269 e. The fourth-order valence-electron chi connectivity index (χ4n) is 1.24. The average molecular weight is 283 g/mol. The zero-order valence-corrected chi connectivity index (χ0v) is 10.1. The van der Waals surface area contributed by atoms with E-state index in [1.54, 1.807) is 24.3 Å². The molecule has 0 bridgehead atoms. The first-order valence-electron chi connectivity index (χ1n) is 5.02. The third-order valence-electron chi connectivity index (χ3n) is 2.35. The number of carbonyl (C=O) groups excluding carboxylic acids is 2. The smallest absolute Gasteiger partial charge is 0.269 e. The molecule has 84 valence electrons. The number of halogens is 1. The van der Waals surface area contributed by atoms with Crippen molar-refractivity contribution in [3.05, 3.63) is 34.3 Å². The van der Waals surface area contributed by atoms with Gasteiger partial charge < -0.3 is 0 Å². The van der Waals surface area contributed by atoms with Crippen molar-refractivity contribution in [3.8, 4) is 0 Å². The molecule has 0 aliphatic heterocycles. The molecule has 2 amide bonds. The van der Waals surface area contributed by atoms with Gasteiger partial charge in [-0.05, 0) is 37.1 Å². The molecule has 0 saturated heterocycles. The van der Waals surface area contributed by atoms with E-state index in [4.69, 9.17) is 0 Å². The first-order chi connectivity index (χ1) is 7.66. The van der Waals surface area contributed by atoms with Crippen LogP contribution in [0, 0.1) is 5.92 Å². The molecule has 0 radical (unpaired) electrons. The van der Waals surface area contributed by atoms with Crippen molar-refractivity contribution < 1.29 is 9.59 Å². The lowest BCUT2D eigenvalue weighted by atomic mass is 10.2. The van der Waals surface area contributed by atoms with E-state index in [0.29, 0.717) is 5.56 Å². The van der Waals surface area contributed by atoms with Crippen molar-refractivity contribution in [2.45, 2.75) is 12.8 Å². The van der Waals surface area contributed by atoms with Crippen LogP contribution in [0.5, 0.6) is 0 Å². The Kier molecular flexibility index (Phi) is 3.24. The molecule has 5 heteroatoms. The predicted molar refractivity (Wildman–Crippen MR) is 62.5 cm³/mol. The number of rotatable bonds is 2. The molecule has 1 aliphatic carbocycles. The van der Waals surface area contributed by atoms with E-state index < -0.39 is 0 Å². The number of hydrazine groups is 1. The Morgan fingerprint density at radius 2 is 1.75 bits per heavy atom. The summed E-state index contributed by atoms with van der Waals surface area (Å²) in [6, 6.07) is 6.92. The van der Waals surface area contributed by atoms with Crippen molar-refractivity contribution in [1.29, 1.82) is 0 Å². The fourth-order valence-corrected chi connectivity index (χ4v) is 1.50. The highest BCUT2D eigenvalue weighted by atomic mass is 79.9. The lowest BCUT2D eigenvalue weighted by molar-refractivity contribution is -0.123. The van der Waals surface area contributed by atoms with E-state index in [9.17, 15) is 9.59 Å². The van der Waals surface area contributed by atoms with Gasteiger partial charge in [0, 0.05) is 16.0 Å². The van der Waals surface area contributed by atoms with Gasteiger partial charge in [0.2, 0.25) is 5.91 Å². The second-order valence-electron chi connectivity index (χ2n) is 3.72. The Hall–Kier alpha value is -1.36. The second-order valence-corrected chi connectivity index (χ2v) is 4.64. The number of amides is 2. The molecule has 0 heterocycles. The molecule has 16 heavy (non-hydrogen) atoms. The number of carbonyl (C=O) groups is 2. The van der Waals surface area contributed by atoms with E-state index in [-0.39, 0.29) is 17.7 Å². The zero-order chi connectivity index (χ0) is 11.5. The van der Waals surface area contributed by atoms with Gasteiger partial charge in [0.15, 0.2) is 0 Å². The Bertz CT molecular complexity index is 412. The second kappa shape index (κ2) is 4.65. The predicted octanol–water partition coefficient (Wildman–Crippen LogP) is 1.62. The monoisotopic (exact) mass is 282 g/mol. The number of nitrogens with one attached hydrogen (secondary N) is 2. The molecule has 1 aliphatic rings. The Morgan fingerprint density at radius 1 is 1.12 bits per heavy atom.